The van der Waals surface area contributed by atoms with Crippen molar-refractivity contribution in [1.29, 1.82) is 0 Å². The second-order valence-electron chi connectivity index (χ2n) is 8.03. The minimum atomic E-state index is -0.622. The lowest BCUT2D eigenvalue weighted by Crippen LogP contribution is -2.42. The van der Waals surface area contributed by atoms with Gasteiger partial charge in [0.05, 0.1) is 51.2 Å². The van der Waals surface area contributed by atoms with E-state index in [0.717, 1.165) is 5.70 Å². The Kier molecular flexibility index (Phi) is 7.82. The van der Waals surface area contributed by atoms with E-state index >= 15 is 0 Å². The van der Waals surface area contributed by atoms with Gasteiger partial charge in [-0.05, 0) is 18.4 Å². The van der Waals surface area contributed by atoms with Crippen molar-refractivity contribution in [3.05, 3.63) is 58.8 Å². The van der Waals surface area contributed by atoms with Crippen molar-refractivity contribution in [2.75, 3.05) is 47.1 Å². The number of carbonyl (C=O) groups excluding carboxylic acids is 2. The van der Waals surface area contributed by atoms with Crippen LogP contribution in [-0.2, 0) is 19.1 Å². The van der Waals surface area contributed by atoms with Gasteiger partial charge in [0.25, 0.3) is 0 Å². The van der Waals surface area contributed by atoms with Gasteiger partial charge in [0, 0.05) is 24.4 Å². The lowest BCUT2D eigenvalue weighted by molar-refractivity contribution is -0.138. The number of amidine groups is 1. The molecule has 0 aliphatic carbocycles. The number of aliphatic imine (C=N–C) groups is 1. The maximum atomic E-state index is 13.3. The molecular formula is C25H29N3O6S. The third-order valence-electron chi connectivity index (χ3n) is 5.98. The lowest BCUT2D eigenvalue weighted by atomic mass is 9.92. The van der Waals surface area contributed by atoms with Crippen LogP contribution < -0.4 is 9.47 Å². The third kappa shape index (κ3) is 4.94. The van der Waals surface area contributed by atoms with Crippen molar-refractivity contribution >= 4 is 28.8 Å². The van der Waals surface area contributed by atoms with Crippen LogP contribution in [0.25, 0.3) is 0 Å². The molecule has 10 heteroatoms. The van der Waals surface area contributed by atoms with Gasteiger partial charge < -0.3 is 28.7 Å². The summed E-state index contributed by atoms with van der Waals surface area (Å²) in [6, 6.07) is 4.90. The average molecular weight is 500 g/mol. The molecule has 1 aromatic carbocycles. The number of morpholine rings is 1. The molecule has 9 nitrogen and oxygen atoms in total. The van der Waals surface area contributed by atoms with Crippen molar-refractivity contribution in [2.45, 2.75) is 19.4 Å². The number of thioether (sulfide) groups is 1. The van der Waals surface area contributed by atoms with Crippen molar-refractivity contribution in [3.8, 4) is 11.5 Å². The topological polar surface area (TPSA) is 89.9 Å². The molecule has 0 spiro atoms. The number of allylic oxidation sites excluding steroid dienone is 1. The second kappa shape index (κ2) is 11.0. The fourth-order valence-electron chi connectivity index (χ4n) is 4.34. The molecular weight excluding hydrogens is 470 g/mol. The van der Waals surface area contributed by atoms with Gasteiger partial charge in [-0.25, -0.2) is 9.79 Å². The molecule has 1 unspecified atom stereocenters. The van der Waals surface area contributed by atoms with E-state index in [9.17, 15) is 9.59 Å². The van der Waals surface area contributed by atoms with Gasteiger partial charge in [-0.1, -0.05) is 36.5 Å². The number of fused-ring (bicyclic) bond motifs is 1. The molecule has 0 N–H and O–H groups in total. The van der Waals surface area contributed by atoms with E-state index in [-0.39, 0.29) is 18.9 Å². The number of benzene rings is 1. The Morgan fingerprint density at radius 2 is 2.03 bits per heavy atom. The second-order valence-corrected chi connectivity index (χ2v) is 8.87. The first-order chi connectivity index (χ1) is 17.0. The molecule has 1 saturated heterocycles. The first-order valence-electron chi connectivity index (χ1n) is 11.3. The Hall–Kier alpha value is -3.24. The highest BCUT2D eigenvalue weighted by Gasteiger charge is 2.43. The number of ether oxygens (including phenoxy) is 4. The van der Waals surface area contributed by atoms with E-state index in [0.29, 0.717) is 59.8 Å². The highest BCUT2D eigenvalue weighted by Crippen LogP contribution is 2.48. The molecule has 186 valence electrons. The van der Waals surface area contributed by atoms with Crippen LogP contribution in [0.5, 0.6) is 11.5 Å². The van der Waals surface area contributed by atoms with Crippen molar-refractivity contribution in [2.24, 2.45) is 4.99 Å². The first kappa shape index (κ1) is 24.9. The highest BCUT2D eigenvalue weighted by molar-refractivity contribution is 8.16. The molecule has 1 atom stereocenters. The molecule has 3 aliphatic heterocycles. The van der Waals surface area contributed by atoms with Crippen LogP contribution in [0.15, 0.2) is 58.2 Å². The predicted octanol–water partition coefficient (Wildman–Crippen LogP) is 3.26. The first-order valence-corrected chi connectivity index (χ1v) is 12.2. The Balaban J connectivity index is 1.77. The number of nitrogens with zero attached hydrogens (tertiary/aromatic N) is 3. The summed E-state index contributed by atoms with van der Waals surface area (Å²) >= 11 is 1.42. The Morgan fingerprint density at radius 3 is 2.71 bits per heavy atom. The maximum Gasteiger partial charge on any atom is 0.338 e. The third-order valence-corrected chi connectivity index (χ3v) is 6.87. The number of hydrogen-bond acceptors (Lipinski definition) is 9. The van der Waals surface area contributed by atoms with E-state index < -0.39 is 12.0 Å². The zero-order chi connectivity index (χ0) is 24.9. The summed E-state index contributed by atoms with van der Waals surface area (Å²) in [4.78, 5) is 34.8. The van der Waals surface area contributed by atoms with Gasteiger partial charge >= 0.3 is 5.97 Å². The van der Waals surface area contributed by atoms with E-state index in [1.807, 2.05) is 22.4 Å². The molecule has 0 saturated carbocycles. The SMILES string of the molecule is C=CCOC(=O)C1=C(C)N=C2SC=C(CC(=O)N3CCOCC3)N2C1c1cccc(OC)c1OC. The number of amides is 1. The van der Waals surface area contributed by atoms with Gasteiger partial charge in [-0.15, -0.1) is 0 Å². The molecule has 1 aromatic rings. The van der Waals surface area contributed by atoms with E-state index in [1.165, 1.54) is 17.8 Å². The van der Waals surface area contributed by atoms with Crippen LogP contribution in [0.1, 0.15) is 24.9 Å². The van der Waals surface area contributed by atoms with E-state index in [2.05, 4.69) is 11.6 Å². The minimum absolute atomic E-state index is 0.000170. The summed E-state index contributed by atoms with van der Waals surface area (Å²) in [7, 11) is 3.12. The molecule has 0 aromatic heterocycles. The fourth-order valence-corrected chi connectivity index (χ4v) is 5.31. The normalized spacial score (nSPS) is 19.6. The summed E-state index contributed by atoms with van der Waals surface area (Å²) in [5, 5.41) is 2.60. The summed E-state index contributed by atoms with van der Waals surface area (Å²) in [6.45, 7) is 7.67. The molecule has 1 amide bonds. The lowest BCUT2D eigenvalue weighted by Gasteiger charge is -2.37. The summed E-state index contributed by atoms with van der Waals surface area (Å²) < 4.78 is 22.1. The number of carbonyl (C=O) groups is 2. The number of hydrogen-bond donors (Lipinski definition) is 0. The van der Waals surface area contributed by atoms with Crippen molar-refractivity contribution < 1.29 is 28.5 Å². The summed E-state index contributed by atoms with van der Waals surface area (Å²) in [5.41, 5.74) is 2.37. The van der Waals surface area contributed by atoms with E-state index in [1.54, 1.807) is 32.1 Å². The van der Waals surface area contributed by atoms with Crippen molar-refractivity contribution in [1.82, 2.24) is 9.80 Å². The number of methoxy groups -OCH3 is 2. The average Bonchev–Trinajstić information content (AvgIpc) is 3.27. The molecule has 3 aliphatic rings. The molecule has 0 bridgehead atoms. The van der Waals surface area contributed by atoms with Crippen molar-refractivity contribution in [3.63, 3.8) is 0 Å². The van der Waals surface area contributed by atoms with Gasteiger partial charge in [0.1, 0.15) is 6.61 Å². The smallest absolute Gasteiger partial charge is 0.338 e. The Morgan fingerprint density at radius 1 is 1.26 bits per heavy atom. The van der Waals surface area contributed by atoms with Gasteiger partial charge in [-0.2, -0.15) is 0 Å². The summed E-state index contributed by atoms with van der Waals surface area (Å²) in [6.07, 6.45) is 1.69. The van der Waals surface area contributed by atoms with Crippen LogP contribution in [0.2, 0.25) is 0 Å². The van der Waals surface area contributed by atoms with Gasteiger partial charge in [0.2, 0.25) is 5.91 Å². The Labute approximate surface area is 209 Å². The monoisotopic (exact) mass is 499 g/mol. The zero-order valence-electron chi connectivity index (χ0n) is 20.1. The standard InChI is InChI=1S/C25H29N3O6S/c1-5-11-34-24(30)21-16(2)26-25-28(22(21)18-7-6-8-19(31-3)23(18)32-4)17(15-35-25)14-20(29)27-9-12-33-13-10-27/h5-8,15,22H,1,9-14H2,2-4H3. The predicted molar refractivity (Wildman–Crippen MR) is 133 cm³/mol. The van der Waals surface area contributed by atoms with Crippen LogP contribution in [-0.4, -0.2) is 74.0 Å². The number of esters is 1. The van der Waals surface area contributed by atoms with Crippen LogP contribution >= 0.6 is 11.8 Å². The van der Waals surface area contributed by atoms with Gasteiger partial charge in [0.15, 0.2) is 16.7 Å². The van der Waals surface area contributed by atoms with Crippen LogP contribution in [0, 0.1) is 0 Å². The van der Waals surface area contributed by atoms with Crippen LogP contribution in [0.4, 0.5) is 0 Å². The molecule has 4 rings (SSSR count). The fraction of sp³-hybridized carbons (Fsp3) is 0.400. The summed E-state index contributed by atoms with van der Waals surface area (Å²) in [5.74, 6) is 0.529. The zero-order valence-corrected chi connectivity index (χ0v) is 20.9. The van der Waals surface area contributed by atoms with Crippen LogP contribution in [0.3, 0.4) is 0 Å². The maximum absolute atomic E-state index is 13.3. The minimum Gasteiger partial charge on any atom is -0.493 e. The van der Waals surface area contributed by atoms with Gasteiger partial charge in [-0.3, -0.25) is 4.79 Å². The van der Waals surface area contributed by atoms with E-state index in [4.69, 9.17) is 18.9 Å². The highest BCUT2D eigenvalue weighted by atomic mass is 32.2. The molecule has 0 radical (unpaired) electrons. The quantitative estimate of drug-likeness (QED) is 0.398. The largest absolute Gasteiger partial charge is 0.493 e. The molecule has 1 fully saturated rings. The Bertz CT molecular complexity index is 1110. The number of para-hydroxylation sites is 1. The molecule has 35 heavy (non-hydrogen) atoms. The molecule has 3 heterocycles. The number of rotatable bonds is 8.